The van der Waals surface area contributed by atoms with Gasteiger partial charge in [-0.15, -0.1) is 0 Å². The molecule has 24 heavy (non-hydrogen) atoms. The lowest BCUT2D eigenvalue weighted by Crippen LogP contribution is -2.36. The van der Waals surface area contributed by atoms with Crippen LogP contribution in [0.2, 0.25) is 0 Å². The third-order valence-corrected chi connectivity index (χ3v) is 3.77. The highest BCUT2D eigenvalue weighted by molar-refractivity contribution is 6.13. The van der Waals surface area contributed by atoms with Crippen molar-refractivity contribution in [2.24, 2.45) is 9.98 Å². The van der Waals surface area contributed by atoms with E-state index in [4.69, 9.17) is 14.2 Å². The summed E-state index contributed by atoms with van der Waals surface area (Å²) >= 11 is 0. The van der Waals surface area contributed by atoms with Crippen molar-refractivity contribution in [3.63, 3.8) is 0 Å². The van der Waals surface area contributed by atoms with Crippen LogP contribution < -0.4 is 4.74 Å². The van der Waals surface area contributed by atoms with Crippen molar-refractivity contribution in [1.82, 2.24) is 4.90 Å². The largest absolute Gasteiger partial charge is 0.497 e. The van der Waals surface area contributed by atoms with Gasteiger partial charge in [-0.25, -0.2) is 9.98 Å². The second kappa shape index (κ2) is 7.90. The van der Waals surface area contributed by atoms with Crippen LogP contribution in [0.4, 0.5) is 0 Å². The summed E-state index contributed by atoms with van der Waals surface area (Å²) in [6, 6.07) is 7.57. The van der Waals surface area contributed by atoms with Crippen LogP contribution in [0.1, 0.15) is 5.56 Å². The topological polar surface area (TPSA) is 55.7 Å². The predicted octanol–water partition coefficient (Wildman–Crippen LogP) is 2.23. The van der Waals surface area contributed by atoms with Crippen molar-refractivity contribution in [2.75, 3.05) is 40.1 Å². The zero-order valence-corrected chi connectivity index (χ0v) is 13.8. The highest BCUT2D eigenvalue weighted by Crippen LogP contribution is 2.20. The SMILES string of the molecule is C=C/C=C1/N=C(c2ccc(OC)cc2)O/C1=N/CN1CCOCC1. The van der Waals surface area contributed by atoms with Gasteiger partial charge >= 0.3 is 0 Å². The Labute approximate surface area is 141 Å². The minimum atomic E-state index is 0.521. The van der Waals surface area contributed by atoms with Gasteiger partial charge in [0.15, 0.2) is 0 Å². The minimum absolute atomic E-state index is 0.521. The molecule has 0 spiro atoms. The maximum Gasteiger partial charge on any atom is 0.244 e. The average molecular weight is 327 g/mol. The van der Waals surface area contributed by atoms with Crippen LogP contribution >= 0.6 is 0 Å². The van der Waals surface area contributed by atoms with Crippen molar-refractivity contribution in [3.05, 3.63) is 54.3 Å². The van der Waals surface area contributed by atoms with Gasteiger partial charge in [0, 0.05) is 18.7 Å². The zero-order chi connectivity index (χ0) is 16.8. The maximum atomic E-state index is 5.86. The number of ether oxygens (including phenoxy) is 3. The number of nitrogens with zero attached hydrogens (tertiary/aromatic N) is 3. The Morgan fingerprint density at radius 1 is 1.29 bits per heavy atom. The second-order valence-electron chi connectivity index (χ2n) is 5.37. The molecule has 1 fully saturated rings. The van der Waals surface area contributed by atoms with E-state index in [1.807, 2.05) is 24.3 Å². The quantitative estimate of drug-likeness (QED) is 0.832. The van der Waals surface area contributed by atoms with Gasteiger partial charge in [0.05, 0.1) is 27.0 Å². The third-order valence-electron chi connectivity index (χ3n) is 3.77. The Kier molecular flexibility index (Phi) is 5.40. The van der Waals surface area contributed by atoms with Gasteiger partial charge in [-0.1, -0.05) is 12.7 Å². The van der Waals surface area contributed by atoms with Crippen LogP contribution in [-0.4, -0.2) is 56.8 Å². The molecule has 2 heterocycles. The Bertz CT molecular complexity index is 671. The first-order chi connectivity index (χ1) is 11.8. The van der Waals surface area contributed by atoms with E-state index in [1.165, 1.54) is 0 Å². The molecular weight excluding hydrogens is 306 g/mol. The van der Waals surface area contributed by atoms with Crippen molar-refractivity contribution in [2.45, 2.75) is 0 Å². The number of hydrogen-bond acceptors (Lipinski definition) is 6. The van der Waals surface area contributed by atoms with Crippen molar-refractivity contribution in [3.8, 4) is 5.75 Å². The van der Waals surface area contributed by atoms with Gasteiger partial charge in [-0.2, -0.15) is 0 Å². The van der Waals surface area contributed by atoms with E-state index >= 15 is 0 Å². The van der Waals surface area contributed by atoms with Gasteiger partial charge in [0.25, 0.3) is 0 Å². The maximum absolute atomic E-state index is 5.86. The van der Waals surface area contributed by atoms with Crippen molar-refractivity contribution in [1.29, 1.82) is 0 Å². The van der Waals surface area contributed by atoms with Gasteiger partial charge in [0.2, 0.25) is 11.8 Å². The van der Waals surface area contributed by atoms with E-state index in [9.17, 15) is 0 Å². The first-order valence-electron chi connectivity index (χ1n) is 7.89. The normalized spacial score (nSPS) is 21.6. The summed E-state index contributed by atoms with van der Waals surface area (Å²) < 4.78 is 16.4. The number of methoxy groups -OCH3 is 1. The van der Waals surface area contributed by atoms with Gasteiger partial charge < -0.3 is 14.2 Å². The summed E-state index contributed by atoms with van der Waals surface area (Å²) in [6.07, 6.45) is 3.48. The smallest absolute Gasteiger partial charge is 0.244 e. The molecule has 0 amide bonds. The highest BCUT2D eigenvalue weighted by Gasteiger charge is 2.22. The standard InChI is InChI=1S/C18H21N3O3/c1-3-4-16-18(19-13-21-9-11-23-12-10-21)24-17(20-16)14-5-7-15(22-2)8-6-14/h3-8H,1,9-13H2,2H3/b16-4+,19-18+. The Balaban J connectivity index is 1.74. The molecule has 3 rings (SSSR count). The summed E-state index contributed by atoms with van der Waals surface area (Å²) in [5.41, 5.74) is 1.56. The average Bonchev–Trinajstić information content (AvgIpc) is 3.04. The molecule has 1 aromatic rings. The molecule has 2 aliphatic rings. The molecule has 0 radical (unpaired) electrons. The van der Waals surface area contributed by atoms with Crippen LogP contribution in [0.3, 0.4) is 0 Å². The molecule has 0 aliphatic carbocycles. The van der Waals surface area contributed by atoms with E-state index in [0.29, 0.717) is 24.2 Å². The lowest BCUT2D eigenvalue weighted by molar-refractivity contribution is 0.0392. The van der Waals surface area contributed by atoms with Crippen LogP contribution in [0, 0.1) is 0 Å². The Morgan fingerprint density at radius 3 is 2.71 bits per heavy atom. The number of morpholine rings is 1. The summed E-state index contributed by atoms with van der Waals surface area (Å²) in [5, 5.41) is 0. The fourth-order valence-electron chi connectivity index (χ4n) is 2.42. The Morgan fingerprint density at radius 2 is 2.04 bits per heavy atom. The molecule has 1 saturated heterocycles. The van der Waals surface area contributed by atoms with Crippen LogP contribution in [0.15, 0.2) is 58.7 Å². The fourth-order valence-corrected chi connectivity index (χ4v) is 2.42. The first-order valence-corrected chi connectivity index (χ1v) is 7.89. The summed E-state index contributed by atoms with van der Waals surface area (Å²) in [4.78, 5) is 11.3. The summed E-state index contributed by atoms with van der Waals surface area (Å²) in [5.74, 6) is 1.85. The second-order valence-corrected chi connectivity index (χ2v) is 5.37. The van der Waals surface area contributed by atoms with Gasteiger partial charge in [-0.05, 0) is 30.3 Å². The van der Waals surface area contributed by atoms with E-state index in [-0.39, 0.29) is 0 Å². The monoisotopic (exact) mass is 327 g/mol. The number of allylic oxidation sites excluding steroid dienone is 2. The first kappa shape index (κ1) is 16.4. The number of hydrogen-bond donors (Lipinski definition) is 0. The van der Waals surface area contributed by atoms with Crippen molar-refractivity contribution < 1.29 is 14.2 Å². The van der Waals surface area contributed by atoms with Crippen LogP contribution in [-0.2, 0) is 9.47 Å². The molecule has 0 unspecified atom stereocenters. The third kappa shape index (κ3) is 3.90. The van der Waals surface area contributed by atoms with Gasteiger partial charge in [0.1, 0.15) is 11.4 Å². The zero-order valence-electron chi connectivity index (χ0n) is 13.8. The molecule has 6 nitrogen and oxygen atoms in total. The van der Waals surface area contributed by atoms with E-state index in [2.05, 4.69) is 21.5 Å². The molecule has 6 heteroatoms. The van der Waals surface area contributed by atoms with Crippen LogP contribution in [0.25, 0.3) is 0 Å². The molecule has 0 saturated carbocycles. The molecule has 1 aromatic carbocycles. The number of aliphatic imine (C=N–C) groups is 2. The molecule has 126 valence electrons. The minimum Gasteiger partial charge on any atom is -0.497 e. The fraction of sp³-hybridized carbons (Fsp3) is 0.333. The summed E-state index contributed by atoms with van der Waals surface area (Å²) in [7, 11) is 1.64. The lowest BCUT2D eigenvalue weighted by Gasteiger charge is -2.24. The highest BCUT2D eigenvalue weighted by atomic mass is 16.5. The molecule has 2 aliphatic heterocycles. The molecule has 0 aromatic heterocycles. The predicted molar refractivity (Wildman–Crippen MR) is 93.6 cm³/mol. The molecule has 0 bridgehead atoms. The van der Waals surface area contributed by atoms with E-state index in [0.717, 1.165) is 37.6 Å². The molecule has 0 atom stereocenters. The molecular formula is C18H21N3O3. The van der Waals surface area contributed by atoms with Crippen molar-refractivity contribution >= 4 is 11.8 Å². The van der Waals surface area contributed by atoms with Crippen LogP contribution in [0.5, 0.6) is 5.75 Å². The Hall–Kier alpha value is -2.44. The van der Waals surface area contributed by atoms with E-state index < -0.39 is 0 Å². The molecule has 0 N–H and O–H groups in total. The number of rotatable bonds is 5. The summed E-state index contributed by atoms with van der Waals surface area (Å²) in [6.45, 7) is 7.54. The van der Waals surface area contributed by atoms with Gasteiger partial charge in [-0.3, -0.25) is 4.90 Å². The van der Waals surface area contributed by atoms with E-state index in [1.54, 1.807) is 19.3 Å². The lowest BCUT2D eigenvalue weighted by atomic mass is 10.2. The number of benzene rings is 1.